The van der Waals surface area contributed by atoms with Gasteiger partial charge < -0.3 is 9.42 Å². The van der Waals surface area contributed by atoms with Crippen LogP contribution >= 0.6 is 0 Å². The molecule has 0 saturated carbocycles. The van der Waals surface area contributed by atoms with Gasteiger partial charge in [-0.3, -0.25) is 14.8 Å². The van der Waals surface area contributed by atoms with Crippen molar-refractivity contribution in [3.63, 3.8) is 0 Å². The van der Waals surface area contributed by atoms with Crippen molar-refractivity contribution in [2.75, 3.05) is 13.1 Å². The number of amides is 1. The first kappa shape index (κ1) is 17.3. The average Bonchev–Trinajstić information content (AvgIpc) is 3.29. The van der Waals surface area contributed by atoms with Gasteiger partial charge in [-0.05, 0) is 38.7 Å². The van der Waals surface area contributed by atoms with Gasteiger partial charge in [0.25, 0.3) is 5.91 Å². The van der Waals surface area contributed by atoms with Crippen molar-refractivity contribution >= 4 is 5.91 Å². The van der Waals surface area contributed by atoms with E-state index < -0.39 is 0 Å². The Kier molecular flexibility index (Phi) is 4.62. The van der Waals surface area contributed by atoms with Gasteiger partial charge in [-0.25, -0.2) is 9.97 Å². The van der Waals surface area contributed by atoms with E-state index in [1.54, 1.807) is 24.7 Å². The summed E-state index contributed by atoms with van der Waals surface area (Å²) in [6.07, 6.45) is 8.05. The van der Waals surface area contributed by atoms with Crippen LogP contribution in [0.3, 0.4) is 0 Å². The lowest BCUT2D eigenvalue weighted by atomic mass is 9.98. The van der Waals surface area contributed by atoms with Gasteiger partial charge in [0.1, 0.15) is 17.8 Å². The van der Waals surface area contributed by atoms with E-state index in [9.17, 15) is 4.79 Å². The topological polar surface area (TPSA) is 97.9 Å². The van der Waals surface area contributed by atoms with E-state index in [0.717, 1.165) is 41.2 Å². The summed E-state index contributed by atoms with van der Waals surface area (Å²) < 4.78 is 5.29. The van der Waals surface area contributed by atoms with E-state index in [1.165, 1.54) is 6.33 Å². The van der Waals surface area contributed by atoms with E-state index in [4.69, 9.17) is 4.52 Å². The molecule has 1 atom stereocenters. The second kappa shape index (κ2) is 7.22. The molecule has 0 aromatic carbocycles. The number of hydrogen-bond donors (Lipinski definition) is 0. The maximum Gasteiger partial charge on any atom is 0.272 e. The third-order valence-electron chi connectivity index (χ3n) is 4.90. The minimum Gasteiger partial charge on any atom is -0.361 e. The molecule has 1 fully saturated rings. The third-order valence-corrected chi connectivity index (χ3v) is 4.90. The van der Waals surface area contributed by atoms with Gasteiger partial charge in [0, 0.05) is 31.7 Å². The second-order valence-corrected chi connectivity index (χ2v) is 6.76. The van der Waals surface area contributed by atoms with E-state index in [-0.39, 0.29) is 5.91 Å². The highest BCUT2D eigenvalue weighted by atomic mass is 16.5. The van der Waals surface area contributed by atoms with Crippen LogP contribution in [0.15, 0.2) is 35.5 Å². The van der Waals surface area contributed by atoms with Gasteiger partial charge in [-0.1, -0.05) is 5.16 Å². The number of nitrogens with zero attached hydrogens (tertiary/aromatic N) is 6. The SMILES string of the molecule is Cc1noc(C)c1-c1nccnc1C[C@H]1CCN(C(=O)c2ccncn2)C1. The lowest BCUT2D eigenvalue weighted by Gasteiger charge is -2.16. The van der Waals surface area contributed by atoms with Gasteiger partial charge in [0.05, 0.1) is 22.6 Å². The Labute approximate surface area is 156 Å². The van der Waals surface area contributed by atoms with Gasteiger partial charge in [0.2, 0.25) is 0 Å². The van der Waals surface area contributed by atoms with Crippen molar-refractivity contribution < 1.29 is 9.32 Å². The smallest absolute Gasteiger partial charge is 0.272 e. The molecule has 0 N–H and O–H groups in total. The van der Waals surface area contributed by atoms with Crippen LogP contribution in [0.4, 0.5) is 0 Å². The molecule has 8 heteroatoms. The molecule has 4 rings (SSSR count). The first-order chi connectivity index (χ1) is 13.1. The highest BCUT2D eigenvalue weighted by Gasteiger charge is 2.29. The van der Waals surface area contributed by atoms with Crippen molar-refractivity contribution in [1.29, 1.82) is 0 Å². The van der Waals surface area contributed by atoms with E-state index in [1.807, 2.05) is 18.7 Å². The Balaban J connectivity index is 1.51. The fourth-order valence-electron chi connectivity index (χ4n) is 3.58. The molecule has 1 aliphatic heterocycles. The highest BCUT2D eigenvalue weighted by molar-refractivity contribution is 5.92. The third kappa shape index (κ3) is 3.42. The number of hydrogen-bond acceptors (Lipinski definition) is 7. The number of rotatable bonds is 4. The molecule has 27 heavy (non-hydrogen) atoms. The van der Waals surface area contributed by atoms with Crippen LogP contribution in [-0.2, 0) is 6.42 Å². The summed E-state index contributed by atoms with van der Waals surface area (Å²) in [6, 6.07) is 1.65. The van der Waals surface area contributed by atoms with Crippen LogP contribution < -0.4 is 0 Å². The molecule has 0 unspecified atom stereocenters. The molecule has 0 spiro atoms. The predicted molar refractivity (Wildman–Crippen MR) is 96.7 cm³/mol. The predicted octanol–water partition coefficient (Wildman–Crippen LogP) is 2.24. The fraction of sp³-hybridized carbons (Fsp3) is 0.368. The van der Waals surface area contributed by atoms with Crippen molar-refractivity contribution in [2.45, 2.75) is 26.7 Å². The molecular formula is C19H20N6O2. The first-order valence-electron chi connectivity index (χ1n) is 8.92. The Morgan fingerprint density at radius 2 is 2.07 bits per heavy atom. The van der Waals surface area contributed by atoms with Crippen molar-refractivity contribution in [1.82, 2.24) is 30.0 Å². The zero-order chi connectivity index (χ0) is 18.8. The molecule has 8 nitrogen and oxygen atoms in total. The Morgan fingerprint density at radius 1 is 1.22 bits per heavy atom. The molecule has 1 aliphatic rings. The summed E-state index contributed by atoms with van der Waals surface area (Å²) in [5, 5.41) is 4.03. The number of carbonyl (C=O) groups excluding carboxylic acids is 1. The van der Waals surface area contributed by atoms with E-state index in [0.29, 0.717) is 24.7 Å². The highest BCUT2D eigenvalue weighted by Crippen LogP contribution is 2.30. The molecule has 0 aliphatic carbocycles. The molecule has 3 aromatic heterocycles. The quantitative estimate of drug-likeness (QED) is 0.700. The van der Waals surface area contributed by atoms with Crippen molar-refractivity contribution in [2.24, 2.45) is 5.92 Å². The molecular weight excluding hydrogens is 344 g/mol. The largest absolute Gasteiger partial charge is 0.361 e. The number of aryl methyl sites for hydroxylation is 2. The Morgan fingerprint density at radius 3 is 2.81 bits per heavy atom. The molecule has 1 saturated heterocycles. The first-order valence-corrected chi connectivity index (χ1v) is 8.92. The van der Waals surface area contributed by atoms with Gasteiger partial charge in [0.15, 0.2) is 0 Å². The monoisotopic (exact) mass is 364 g/mol. The fourth-order valence-corrected chi connectivity index (χ4v) is 3.58. The normalized spacial score (nSPS) is 16.7. The summed E-state index contributed by atoms with van der Waals surface area (Å²) in [5.41, 5.74) is 3.87. The zero-order valence-corrected chi connectivity index (χ0v) is 15.3. The second-order valence-electron chi connectivity index (χ2n) is 6.76. The number of carbonyl (C=O) groups is 1. The summed E-state index contributed by atoms with van der Waals surface area (Å²) >= 11 is 0. The summed E-state index contributed by atoms with van der Waals surface area (Å²) in [6.45, 7) is 5.18. The number of likely N-dealkylation sites (tertiary alicyclic amines) is 1. The number of aromatic nitrogens is 5. The van der Waals surface area contributed by atoms with Crippen LogP contribution in [0, 0.1) is 19.8 Å². The maximum atomic E-state index is 12.6. The van der Waals surface area contributed by atoms with E-state index >= 15 is 0 Å². The molecule has 0 radical (unpaired) electrons. The Bertz CT molecular complexity index is 936. The minimum absolute atomic E-state index is 0.0509. The van der Waals surface area contributed by atoms with Crippen LogP contribution in [-0.4, -0.2) is 49.0 Å². The lowest BCUT2D eigenvalue weighted by Crippen LogP contribution is -2.29. The molecule has 4 heterocycles. The minimum atomic E-state index is -0.0509. The summed E-state index contributed by atoms with van der Waals surface area (Å²) in [4.78, 5) is 31.4. The van der Waals surface area contributed by atoms with Gasteiger partial charge in [-0.2, -0.15) is 0 Å². The van der Waals surface area contributed by atoms with Gasteiger partial charge in [-0.15, -0.1) is 0 Å². The maximum absolute atomic E-state index is 12.6. The molecule has 138 valence electrons. The summed E-state index contributed by atoms with van der Waals surface area (Å²) in [7, 11) is 0. The molecule has 3 aromatic rings. The molecule has 1 amide bonds. The lowest BCUT2D eigenvalue weighted by molar-refractivity contribution is 0.0781. The van der Waals surface area contributed by atoms with Crippen LogP contribution in [0.25, 0.3) is 11.3 Å². The average molecular weight is 364 g/mol. The van der Waals surface area contributed by atoms with Crippen molar-refractivity contribution in [3.8, 4) is 11.3 Å². The van der Waals surface area contributed by atoms with Crippen molar-refractivity contribution in [3.05, 3.63) is 53.8 Å². The van der Waals surface area contributed by atoms with Crippen LogP contribution in [0.1, 0.15) is 34.1 Å². The Hall–Kier alpha value is -3.16. The van der Waals surface area contributed by atoms with E-state index in [2.05, 4.69) is 25.1 Å². The molecule has 0 bridgehead atoms. The standard InChI is InChI=1S/C19H20N6O2/c1-12-17(13(2)27-24-12)18-16(21-6-7-22-18)9-14-4-8-25(10-14)19(26)15-3-5-20-11-23-15/h3,5-7,11,14H,4,8-10H2,1-2H3/t14-/m1/s1. The van der Waals surface area contributed by atoms with Gasteiger partial charge >= 0.3 is 0 Å². The summed E-state index contributed by atoms with van der Waals surface area (Å²) in [5.74, 6) is 1.01. The van der Waals surface area contributed by atoms with Crippen LogP contribution in [0.2, 0.25) is 0 Å². The zero-order valence-electron chi connectivity index (χ0n) is 15.3. The van der Waals surface area contributed by atoms with Crippen LogP contribution in [0.5, 0.6) is 0 Å².